The van der Waals surface area contributed by atoms with E-state index in [0.29, 0.717) is 12.8 Å². The summed E-state index contributed by atoms with van der Waals surface area (Å²) in [5.74, 6) is -1.46. The van der Waals surface area contributed by atoms with Gasteiger partial charge in [0.2, 0.25) is 5.91 Å². The molecule has 2 rings (SSSR count). The van der Waals surface area contributed by atoms with Crippen LogP contribution in [0.3, 0.4) is 0 Å². The predicted molar refractivity (Wildman–Crippen MR) is 76.0 cm³/mol. The van der Waals surface area contributed by atoms with E-state index >= 15 is 0 Å². The van der Waals surface area contributed by atoms with E-state index in [1.807, 2.05) is 0 Å². The number of hydrogen-bond donors (Lipinski definition) is 2. The first kappa shape index (κ1) is 15.5. The van der Waals surface area contributed by atoms with E-state index in [4.69, 9.17) is 0 Å². The molecule has 4 nitrogen and oxygen atoms in total. The lowest BCUT2D eigenvalue weighted by molar-refractivity contribution is -0.154. The van der Waals surface area contributed by atoms with Gasteiger partial charge in [-0.1, -0.05) is 31.4 Å². The quantitative estimate of drug-likeness (QED) is 0.877. The van der Waals surface area contributed by atoms with Crippen LogP contribution in [0.15, 0.2) is 24.3 Å². The van der Waals surface area contributed by atoms with Crippen LogP contribution in [0.5, 0.6) is 0 Å². The van der Waals surface area contributed by atoms with E-state index in [0.717, 1.165) is 24.8 Å². The van der Waals surface area contributed by atoms with Crippen LogP contribution in [-0.2, 0) is 16.1 Å². The Morgan fingerprint density at radius 2 is 1.76 bits per heavy atom. The van der Waals surface area contributed by atoms with E-state index in [-0.39, 0.29) is 24.7 Å². The van der Waals surface area contributed by atoms with Crippen molar-refractivity contribution in [3.63, 3.8) is 0 Å². The summed E-state index contributed by atoms with van der Waals surface area (Å²) < 4.78 is 12.8. The summed E-state index contributed by atoms with van der Waals surface area (Å²) in [6.07, 6.45) is 3.89. The minimum Gasteiger partial charge on any atom is -0.481 e. The summed E-state index contributed by atoms with van der Waals surface area (Å²) in [6.45, 7) is 0.287. The van der Waals surface area contributed by atoms with Gasteiger partial charge in [-0.05, 0) is 30.5 Å². The molecule has 1 aromatic carbocycles. The van der Waals surface area contributed by atoms with Crippen molar-refractivity contribution in [1.29, 1.82) is 0 Å². The van der Waals surface area contributed by atoms with Gasteiger partial charge in [0.15, 0.2) is 0 Å². The number of amides is 1. The van der Waals surface area contributed by atoms with Crippen LogP contribution in [-0.4, -0.2) is 17.0 Å². The van der Waals surface area contributed by atoms with Gasteiger partial charge in [0.1, 0.15) is 5.82 Å². The molecule has 2 N–H and O–H groups in total. The van der Waals surface area contributed by atoms with E-state index in [9.17, 15) is 19.1 Å². The number of carbonyl (C=O) groups is 2. The molecule has 5 heteroatoms. The largest absolute Gasteiger partial charge is 0.481 e. The standard InChI is InChI=1S/C16H20FNO3/c17-13-6-4-12(5-7-13)11-18-14(19)10-16(15(20)21)8-2-1-3-9-16/h4-7H,1-3,8-11H2,(H,18,19)(H,20,21). The fraction of sp³-hybridized carbons (Fsp3) is 0.500. The zero-order chi connectivity index (χ0) is 15.3. The average molecular weight is 293 g/mol. The molecular formula is C16H20FNO3. The molecule has 1 saturated carbocycles. The first-order valence-corrected chi connectivity index (χ1v) is 7.26. The molecule has 0 spiro atoms. The zero-order valence-electron chi connectivity index (χ0n) is 11.9. The third-order valence-corrected chi connectivity index (χ3v) is 4.17. The van der Waals surface area contributed by atoms with E-state index in [1.165, 1.54) is 12.1 Å². The second-order valence-electron chi connectivity index (χ2n) is 5.73. The summed E-state index contributed by atoms with van der Waals surface area (Å²) in [5.41, 5.74) is -0.122. The van der Waals surface area contributed by atoms with Crippen molar-refractivity contribution in [2.45, 2.75) is 45.1 Å². The monoisotopic (exact) mass is 293 g/mol. The Bertz CT molecular complexity index is 507. The maximum absolute atomic E-state index is 12.8. The highest BCUT2D eigenvalue weighted by Gasteiger charge is 2.41. The molecule has 1 aromatic rings. The van der Waals surface area contributed by atoms with Crippen LogP contribution in [0.1, 0.15) is 44.1 Å². The van der Waals surface area contributed by atoms with Crippen molar-refractivity contribution in [3.05, 3.63) is 35.6 Å². The smallest absolute Gasteiger partial charge is 0.310 e. The minimum absolute atomic E-state index is 0.0174. The van der Waals surface area contributed by atoms with Crippen LogP contribution < -0.4 is 5.32 Å². The van der Waals surface area contributed by atoms with Crippen LogP contribution in [0.2, 0.25) is 0 Å². The van der Waals surface area contributed by atoms with Crippen LogP contribution in [0.4, 0.5) is 4.39 Å². The molecule has 0 heterocycles. The van der Waals surface area contributed by atoms with Crippen molar-refractivity contribution in [1.82, 2.24) is 5.32 Å². The second-order valence-corrected chi connectivity index (χ2v) is 5.73. The average Bonchev–Trinajstić information content (AvgIpc) is 2.47. The molecule has 0 aromatic heterocycles. The molecule has 21 heavy (non-hydrogen) atoms. The number of nitrogens with one attached hydrogen (secondary N) is 1. The highest BCUT2D eigenvalue weighted by atomic mass is 19.1. The van der Waals surface area contributed by atoms with Crippen LogP contribution >= 0.6 is 0 Å². The molecule has 0 saturated heterocycles. The molecule has 114 valence electrons. The lowest BCUT2D eigenvalue weighted by Gasteiger charge is -2.32. The number of aliphatic carboxylic acids is 1. The molecule has 1 fully saturated rings. The highest BCUT2D eigenvalue weighted by molar-refractivity contribution is 5.85. The lowest BCUT2D eigenvalue weighted by Crippen LogP contribution is -2.39. The summed E-state index contributed by atoms with van der Waals surface area (Å²) in [4.78, 5) is 23.5. The number of hydrogen-bond acceptors (Lipinski definition) is 2. The molecule has 0 aliphatic heterocycles. The number of rotatable bonds is 5. The Kier molecular flexibility index (Phi) is 4.94. The number of halogens is 1. The van der Waals surface area contributed by atoms with Gasteiger partial charge >= 0.3 is 5.97 Å². The lowest BCUT2D eigenvalue weighted by atomic mass is 9.71. The number of carboxylic acid groups (broad SMARTS) is 1. The Morgan fingerprint density at radius 3 is 2.33 bits per heavy atom. The number of benzene rings is 1. The molecule has 0 unspecified atom stereocenters. The Labute approximate surface area is 123 Å². The molecule has 1 aliphatic rings. The topological polar surface area (TPSA) is 66.4 Å². The van der Waals surface area contributed by atoms with Gasteiger partial charge in [-0.15, -0.1) is 0 Å². The third-order valence-electron chi connectivity index (χ3n) is 4.17. The number of carboxylic acids is 1. The van der Waals surface area contributed by atoms with Gasteiger partial charge in [-0.2, -0.15) is 0 Å². The molecule has 0 bridgehead atoms. The first-order valence-electron chi connectivity index (χ1n) is 7.26. The summed E-state index contributed by atoms with van der Waals surface area (Å²) in [6, 6.07) is 5.87. The van der Waals surface area contributed by atoms with Gasteiger partial charge in [0, 0.05) is 13.0 Å². The molecule has 0 radical (unpaired) electrons. The van der Waals surface area contributed by atoms with Crippen LogP contribution in [0.25, 0.3) is 0 Å². The fourth-order valence-corrected chi connectivity index (χ4v) is 2.87. The Hall–Kier alpha value is -1.91. The van der Waals surface area contributed by atoms with Gasteiger partial charge in [0.25, 0.3) is 0 Å². The normalized spacial score (nSPS) is 17.2. The summed E-state index contributed by atoms with van der Waals surface area (Å²) in [5, 5.41) is 12.2. The zero-order valence-corrected chi connectivity index (χ0v) is 11.9. The van der Waals surface area contributed by atoms with Crippen molar-refractivity contribution < 1.29 is 19.1 Å². The van der Waals surface area contributed by atoms with Crippen LogP contribution in [0, 0.1) is 11.2 Å². The Morgan fingerprint density at radius 1 is 1.14 bits per heavy atom. The van der Waals surface area contributed by atoms with Crippen molar-refractivity contribution in [2.24, 2.45) is 5.41 Å². The van der Waals surface area contributed by atoms with Gasteiger partial charge in [-0.3, -0.25) is 9.59 Å². The molecule has 0 atom stereocenters. The van der Waals surface area contributed by atoms with E-state index in [1.54, 1.807) is 12.1 Å². The Balaban J connectivity index is 1.90. The maximum Gasteiger partial charge on any atom is 0.310 e. The number of carbonyl (C=O) groups excluding carboxylic acids is 1. The third kappa shape index (κ3) is 4.03. The summed E-state index contributed by atoms with van der Waals surface area (Å²) >= 11 is 0. The molecular weight excluding hydrogens is 273 g/mol. The molecule has 1 aliphatic carbocycles. The predicted octanol–water partition coefficient (Wildman–Crippen LogP) is 2.87. The van der Waals surface area contributed by atoms with E-state index in [2.05, 4.69) is 5.32 Å². The fourth-order valence-electron chi connectivity index (χ4n) is 2.87. The highest BCUT2D eigenvalue weighted by Crippen LogP contribution is 2.39. The minimum atomic E-state index is -0.912. The summed E-state index contributed by atoms with van der Waals surface area (Å²) in [7, 11) is 0. The van der Waals surface area contributed by atoms with Gasteiger partial charge in [-0.25, -0.2) is 4.39 Å². The maximum atomic E-state index is 12.8. The first-order chi connectivity index (χ1) is 10.0. The van der Waals surface area contributed by atoms with Crippen molar-refractivity contribution >= 4 is 11.9 Å². The second kappa shape index (κ2) is 6.70. The van der Waals surface area contributed by atoms with Gasteiger partial charge < -0.3 is 10.4 Å². The SMILES string of the molecule is O=C(CC1(C(=O)O)CCCCC1)NCc1ccc(F)cc1. The van der Waals surface area contributed by atoms with E-state index < -0.39 is 11.4 Å². The van der Waals surface area contributed by atoms with Gasteiger partial charge in [0.05, 0.1) is 5.41 Å². The molecule has 1 amide bonds. The van der Waals surface area contributed by atoms with Crippen molar-refractivity contribution in [2.75, 3.05) is 0 Å². The van der Waals surface area contributed by atoms with Crippen molar-refractivity contribution in [3.8, 4) is 0 Å².